The molecule has 2 rings (SSSR count). The van der Waals surface area contributed by atoms with Crippen LogP contribution in [0.25, 0.3) is 11.3 Å². The third-order valence-electron chi connectivity index (χ3n) is 1.92. The maximum Gasteiger partial charge on any atom is 0.270 e. The highest BCUT2D eigenvalue weighted by atomic mass is 16.6. The van der Waals surface area contributed by atoms with Crippen LogP contribution in [0.1, 0.15) is 0 Å². The molecule has 0 saturated heterocycles. The molecular formula is C10H7N3O2. The van der Waals surface area contributed by atoms with E-state index in [4.69, 9.17) is 0 Å². The zero-order valence-electron chi connectivity index (χ0n) is 7.70. The highest BCUT2D eigenvalue weighted by Gasteiger charge is 2.07. The SMILES string of the molecule is O=[N+]([O-])c1cccc(-c2cnccn2)c1. The second-order valence-corrected chi connectivity index (χ2v) is 2.90. The second kappa shape index (κ2) is 3.83. The van der Waals surface area contributed by atoms with Gasteiger partial charge in [0.15, 0.2) is 0 Å². The first-order valence-corrected chi connectivity index (χ1v) is 4.28. The third kappa shape index (κ3) is 1.96. The highest BCUT2D eigenvalue weighted by molar-refractivity contribution is 5.61. The van der Waals surface area contributed by atoms with Gasteiger partial charge in [0.1, 0.15) is 0 Å². The summed E-state index contributed by atoms with van der Waals surface area (Å²) in [6.07, 6.45) is 4.67. The van der Waals surface area contributed by atoms with Crippen molar-refractivity contribution in [3.63, 3.8) is 0 Å². The lowest BCUT2D eigenvalue weighted by atomic mass is 10.1. The molecule has 1 aromatic heterocycles. The minimum absolute atomic E-state index is 0.0538. The van der Waals surface area contributed by atoms with Gasteiger partial charge < -0.3 is 0 Å². The van der Waals surface area contributed by atoms with E-state index >= 15 is 0 Å². The van der Waals surface area contributed by atoms with Crippen LogP contribution >= 0.6 is 0 Å². The topological polar surface area (TPSA) is 68.9 Å². The smallest absolute Gasteiger partial charge is 0.261 e. The summed E-state index contributed by atoms with van der Waals surface area (Å²) in [6, 6.07) is 6.31. The Labute approximate surface area is 85.6 Å². The number of benzene rings is 1. The first kappa shape index (κ1) is 9.26. The highest BCUT2D eigenvalue weighted by Crippen LogP contribution is 2.20. The fourth-order valence-corrected chi connectivity index (χ4v) is 1.23. The van der Waals surface area contributed by atoms with Crippen molar-refractivity contribution in [3.8, 4) is 11.3 Å². The van der Waals surface area contributed by atoms with Gasteiger partial charge in [-0.2, -0.15) is 0 Å². The molecule has 0 spiro atoms. The number of nitro benzene ring substituents is 1. The lowest BCUT2D eigenvalue weighted by Crippen LogP contribution is -1.89. The molecule has 5 nitrogen and oxygen atoms in total. The van der Waals surface area contributed by atoms with Crippen molar-refractivity contribution in [1.82, 2.24) is 9.97 Å². The number of non-ortho nitro benzene ring substituents is 1. The Balaban J connectivity index is 2.46. The monoisotopic (exact) mass is 201 g/mol. The Kier molecular flexibility index (Phi) is 2.37. The van der Waals surface area contributed by atoms with Gasteiger partial charge in [-0.15, -0.1) is 0 Å². The number of hydrogen-bond donors (Lipinski definition) is 0. The van der Waals surface area contributed by atoms with E-state index < -0.39 is 4.92 Å². The molecular weight excluding hydrogens is 194 g/mol. The van der Waals surface area contributed by atoms with E-state index in [1.54, 1.807) is 30.7 Å². The minimum atomic E-state index is -0.431. The molecule has 0 radical (unpaired) electrons. The lowest BCUT2D eigenvalue weighted by Gasteiger charge is -1.98. The van der Waals surface area contributed by atoms with Crippen LogP contribution in [0.15, 0.2) is 42.9 Å². The van der Waals surface area contributed by atoms with Gasteiger partial charge in [0.25, 0.3) is 5.69 Å². The Morgan fingerprint density at radius 2 is 2.13 bits per heavy atom. The maximum absolute atomic E-state index is 10.6. The maximum atomic E-state index is 10.6. The summed E-state index contributed by atoms with van der Waals surface area (Å²) in [4.78, 5) is 18.1. The average Bonchev–Trinajstić information content (AvgIpc) is 2.30. The van der Waals surface area contributed by atoms with Gasteiger partial charge in [-0.05, 0) is 0 Å². The molecule has 0 bridgehead atoms. The van der Waals surface area contributed by atoms with Gasteiger partial charge in [-0.25, -0.2) is 0 Å². The van der Waals surface area contributed by atoms with Crippen molar-refractivity contribution in [1.29, 1.82) is 0 Å². The molecule has 1 heterocycles. The van der Waals surface area contributed by atoms with Crippen molar-refractivity contribution >= 4 is 5.69 Å². The minimum Gasteiger partial charge on any atom is -0.261 e. The van der Waals surface area contributed by atoms with E-state index in [-0.39, 0.29) is 5.69 Å². The van der Waals surface area contributed by atoms with Crippen LogP contribution in [0.5, 0.6) is 0 Å². The first-order chi connectivity index (χ1) is 7.27. The van der Waals surface area contributed by atoms with Gasteiger partial charge in [0.2, 0.25) is 0 Å². The van der Waals surface area contributed by atoms with Crippen LogP contribution in [-0.2, 0) is 0 Å². The summed E-state index contributed by atoms with van der Waals surface area (Å²) in [5, 5.41) is 10.6. The van der Waals surface area contributed by atoms with Crippen LogP contribution in [-0.4, -0.2) is 14.9 Å². The van der Waals surface area contributed by atoms with Crippen molar-refractivity contribution in [2.75, 3.05) is 0 Å². The quantitative estimate of drug-likeness (QED) is 0.550. The van der Waals surface area contributed by atoms with Crippen molar-refractivity contribution in [2.24, 2.45) is 0 Å². The van der Waals surface area contributed by atoms with Gasteiger partial charge >= 0.3 is 0 Å². The molecule has 1 aromatic carbocycles. The largest absolute Gasteiger partial charge is 0.270 e. The Bertz CT molecular complexity index is 485. The molecule has 5 heteroatoms. The van der Waals surface area contributed by atoms with Crippen molar-refractivity contribution in [3.05, 3.63) is 53.0 Å². The molecule has 0 aliphatic heterocycles. The normalized spacial score (nSPS) is 9.87. The number of hydrogen-bond acceptors (Lipinski definition) is 4. The molecule has 0 amide bonds. The number of nitrogens with zero attached hydrogens (tertiary/aromatic N) is 3. The zero-order valence-corrected chi connectivity index (χ0v) is 7.70. The van der Waals surface area contributed by atoms with E-state index in [1.807, 2.05) is 0 Å². The average molecular weight is 201 g/mol. The Morgan fingerprint density at radius 1 is 1.27 bits per heavy atom. The molecule has 0 atom stereocenters. The van der Waals surface area contributed by atoms with Gasteiger partial charge in [0, 0.05) is 30.1 Å². The Hall–Kier alpha value is -2.30. The zero-order chi connectivity index (χ0) is 10.7. The fraction of sp³-hybridized carbons (Fsp3) is 0. The Morgan fingerprint density at radius 3 is 2.80 bits per heavy atom. The van der Waals surface area contributed by atoms with E-state index in [1.165, 1.54) is 12.1 Å². The molecule has 0 unspecified atom stereocenters. The summed E-state index contributed by atoms with van der Waals surface area (Å²) >= 11 is 0. The van der Waals surface area contributed by atoms with E-state index in [0.717, 1.165) is 0 Å². The molecule has 0 saturated carbocycles. The van der Waals surface area contributed by atoms with E-state index in [0.29, 0.717) is 11.3 Å². The predicted octanol–water partition coefficient (Wildman–Crippen LogP) is 2.05. The molecule has 0 aliphatic carbocycles. The van der Waals surface area contributed by atoms with Crippen LogP contribution < -0.4 is 0 Å². The summed E-state index contributed by atoms with van der Waals surface area (Å²) < 4.78 is 0. The standard InChI is InChI=1S/C10H7N3O2/c14-13(15)9-3-1-2-8(6-9)10-7-11-4-5-12-10/h1-7H. The molecule has 0 aliphatic rings. The molecule has 74 valence electrons. The first-order valence-electron chi connectivity index (χ1n) is 4.28. The third-order valence-corrected chi connectivity index (χ3v) is 1.92. The van der Waals surface area contributed by atoms with Crippen molar-refractivity contribution in [2.45, 2.75) is 0 Å². The van der Waals surface area contributed by atoms with Crippen molar-refractivity contribution < 1.29 is 4.92 Å². The number of rotatable bonds is 2. The van der Waals surface area contributed by atoms with Gasteiger partial charge in [0.05, 0.1) is 16.8 Å². The summed E-state index contributed by atoms with van der Waals surface area (Å²) in [5.41, 5.74) is 1.37. The molecule has 0 fully saturated rings. The van der Waals surface area contributed by atoms with Gasteiger partial charge in [-0.3, -0.25) is 20.1 Å². The summed E-state index contributed by atoms with van der Waals surface area (Å²) in [5.74, 6) is 0. The lowest BCUT2D eigenvalue weighted by molar-refractivity contribution is -0.384. The second-order valence-electron chi connectivity index (χ2n) is 2.90. The van der Waals surface area contributed by atoms with Gasteiger partial charge in [-0.1, -0.05) is 12.1 Å². The van der Waals surface area contributed by atoms with Crippen LogP contribution in [0, 0.1) is 10.1 Å². The molecule has 2 aromatic rings. The number of aromatic nitrogens is 2. The summed E-state index contributed by atoms with van der Waals surface area (Å²) in [7, 11) is 0. The summed E-state index contributed by atoms with van der Waals surface area (Å²) in [6.45, 7) is 0. The predicted molar refractivity (Wildman–Crippen MR) is 54.1 cm³/mol. The van der Waals surface area contributed by atoms with E-state index in [2.05, 4.69) is 9.97 Å². The molecule has 0 N–H and O–H groups in total. The van der Waals surface area contributed by atoms with Crippen LogP contribution in [0.2, 0.25) is 0 Å². The van der Waals surface area contributed by atoms with E-state index in [9.17, 15) is 10.1 Å². The van der Waals surface area contributed by atoms with Crippen LogP contribution in [0.3, 0.4) is 0 Å². The fourth-order valence-electron chi connectivity index (χ4n) is 1.23. The van der Waals surface area contributed by atoms with Crippen LogP contribution in [0.4, 0.5) is 5.69 Å². The number of nitro groups is 1. The molecule has 15 heavy (non-hydrogen) atoms.